The number of amidine groups is 1. The van der Waals surface area contributed by atoms with E-state index in [0.717, 1.165) is 0 Å². The molecule has 2 rings (SSSR count). The molecular formula is C10H7F3N2O3. The summed E-state index contributed by atoms with van der Waals surface area (Å²) in [7, 11) is 0. The van der Waals surface area contributed by atoms with Gasteiger partial charge in [-0.2, -0.15) is 13.2 Å². The van der Waals surface area contributed by atoms with E-state index in [1.54, 1.807) is 0 Å². The molecule has 0 bridgehead atoms. The highest BCUT2D eigenvalue weighted by Gasteiger charge is 2.45. The maximum Gasteiger partial charge on any atom is 0.448 e. The first-order valence-corrected chi connectivity index (χ1v) is 4.79. The van der Waals surface area contributed by atoms with Crippen molar-refractivity contribution in [3.05, 3.63) is 35.4 Å². The molecule has 0 aromatic heterocycles. The number of carboxylic acid groups (broad SMARTS) is 1. The van der Waals surface area contributed by atoms with Crippen molar-refractivity contribution in [2.24, 2.45) is 5.16 Å². The first kappa shape index (κ1) is 12.2. The minimum Gasteiger partial charge on any atom is -0.478 e. The van der Waals surface area contributed by atoms with Crippen LogP contribution < -0.4 is 5.32 Å². The summed E-state index contributed by atoms with van der Waals surface area (Å²) in [6, 6.07) is 5.22. The molecule has 1 unspecified atom stereocenters. The molecule has 0 saturated carbocycles. The number of hydrogen-bond acceptors (Lipinski definition) is 4. The number of benzene rings is 1. The van der Waals surface area contributed by atoms with Gasteiger partial charge in [0, 0.05) is 5.56 Å². The van der Waals surface area contributed by atoms with Gasteiger partial charge in [0.2, 0.25) is 0 Å². The fourth-order valence-corrected chi connectivity index (χ4v) is 1.33. The lowest BCUT2D eigenvalue weighted by Crippen LogP contribution is -2.41. The van der Waals surface area contributed by atoms with Crippen LogP contribution in [0.25, 0.3) is 0 Å². The van der Waals surface area contributed by atoms with Gasteiger partial charge in [0.05, 0.1) is 5.56 Å². The third-order valence-corrected chi connectivity index (χ3v) is 2.22. The second kappa shape index (κ2) is 4.21. The largest absolute Gasteiger partial charge is 0.478 e. The Hall–Kier alpha value is -2.25. The second-order valence-corrected chi connectivity index (χ2v) is 3.49. The molecule has 1 heterocycles. The van der Waals surface area contributed by atoms with Crippen LogP contribution in [0.1, 0.15) is 15.9 Å². The van der Waals surface area contributed by atoms with Gasteiger partial charge in [-0.05, 0) is 12.1 Å². The molecule has 0 aliphatic carbocycles. The Labute approximate surface area is 98.9 Å². The van der Waals surface area contributed by atoms with Crippen LogP contribution in [0.2, 0.25) is 0 Å². The van der Waals surface area contributed by atoms with E-state index in [-0.39, 0.29) is 11.4 Å². The third-order valence-electron chi connectivity index (χ3n) is 2.22. The van der Waals surface area contributed by atoms with Gasteiger partial charge in [-0.3, -0.25) is 0 Å². The van der Waals surface area contributed by atoms with Gasteiger partial charge in [0.1, 0.15) is 0 Å². The Morgan fingerprint density at radius 3 is 2.39 bits per heavy atom. The van der Waals surface area contributed by atoms with Crippen LogP contribution in [0.15, 0.2) is 29.4 Å². The maximum absolute atomic E-state index is 12.3. The number of aromatic carboxylic acids is 1. The van der Waals surface area contributed by atoms with Gasteiger partial charge in [-0.15, -0.1) is 0 Å². The van der Waals surface area contributed by atoms with Crippen molar-refractivity contribution in [3.63, 3.8) is 0 Å². The molecule has 1 aromatic rings. The predicted octanol–water partition coefficient (Wildman–Crippen LogP) is 1.55. The highest BCUT2D eigenvalue weighted by Crippen LogP contribution is 2.24. The standard InChI is InChI=1S/C10H7F3N2O3/c11-10(12,13)9-14-7(15-18-9)5-1-3-6(4-2-5)8(16)17/h1-4,9H,(H,14,15)(H,16,17). The number of nitrogens with one attached hydrogen (secondary N) is 1. The zero-order valence-electron chi connectivity index (χ0n) is 8.73. The van der Waals surface area contributed by atoms with Crippen molar-refractivity contribution in [1.82, 2.24) is 5.32 Å². The molecule has 8 heteroatoms. The Kier molecular flexibility index (Phi) is 2.85. The predicted molar refractivity (Wildman–Crippen MR) is 54.0 cm³/mol. The molecule has 1 aromatic carbocycles. The number of hydrogen-bond donors (Lipinski definition) is 2. The van der Waals surface area contributed by atoms with Gasteiger partial charge >= 0.3 is 12.1 Å². The van der Waals surface area contributed by atoms with Gasteiger partial charge in [0.25, 0.3) is 6.23 Å². The average molecular weight is 260 g/mol. The number of carbonyl (C=O) groups is 1. The Morgan fingerprint density at radius 1 is 1.33 bits per heavy atom. The molecule has 96 valence electrons. The van der Waals surface area contributed by atoms with Crippen molar-refractivity contribution >= 4 is 11.8 Å². The number of nitrogens with zero attached hydrogens (tertiary/aromatic N) is 1. The minimum atomic E-state index is -4.56. The number of rotatable bonds is 2. The molecule has 1 atom stereocenters. The smallest absolute Gasteiger partial charge is 0.448 e. The van der Waals surface area contributed by atoms with Crippen LogP contribution in [0.3, 0.4) is 0 Å². The summed E-state index contributed by atoms with van der Waals surface area (Å²) in [6.07, 6.45) is -6.74. The number of carboxylic acids is 1. The molecule has 0 saturated heterocycles. The monoisotopic (exact) mass is 260 g/mol. The molecule has 5 nitrogen and oxygen atoms in total. The molecule has 18 heavy (non-hydrogen) atoms. The number of oxime groups is 1. The lowest BCUT2D eigenvalue weighted by molar-refractivity contribution is -0.218. The number of alkyl halides is 3. The lowest BCUT2D eigenvalue weighted by Gasteiger charge is -2.13. The third kappa shape index (κ3) is 2.36. The zero-order chi connectivity index (χ0) is 13.3. The first-order chi connectivity index (χ1) is 8.38. The van der Waals surface area contributed by atoms with E-state index >= 15 is 0 Å². The molecule has 0 amide bonds. The maximum atomic E-state index is 12.3. The van der Waals surface area contributed by atoms with Crippen LogP contribution in [-0.4, -0.2) is 29.3 Å². The summed E-state index contributed by atoms with van der Waals surface area (Å²) >= 11 is 0. The molecule has 0 spiro atoms. The second-order valence-electron chi connectivity index (χ2n) is 3.49. The molecule has 1 aliphatic rings. The Balaban J connectivity index is 2.12. The van der Waals surface area contributed by atoms with Crippen LogP contribution in [0.5, 0.6) is 0 Å². The van der Waals surface area contributed by atoms with Crippen molar-refractivity contribution in [3.8, 4) is 0 Å². The van der Waals surface area contributed by atoms with Crippen LogP contribution >= 0.6 is 0 Å². The van der Waals surface area contributed by atoms with E-state index in [1.807, 2.05) is 0 Å². The highest BCUT2D eigenvalue weighted by molar-refractivity contribution is 6.00. The first-order valence-electron chi connectivity index (χ1n) is 4.79. The minimum absolute atomic E-state index is 0.0330. The van der Waals surface area contributed by atoms with Gasteiger partial charge in [-0.1, -0.05) is 17.3 Å². The molecular weight excluding hydrogens is 253 g/mol. The van der Waals surface area contributed by atoms with E-state index in [0.29, 0.717) is 5.56 Å². The molecule has 0 radical (unpaired) electrons. The van der Waals surface area contributed by atoms with Gasteiger partial charge < -0.3 is 15.3 Å². The fourth-order valence-electron chi connectivity index (χ4n) is 1.33. The highest BCUT2D eigenvalue weighted by atomic mass is 19.4. The van der Waals surface area contributed by atoms with Crippen LogP contribution in [-0.2, 0) is 4.84 Å². The summed E-state index contributed by atoms with van der Waals surface area (Å²) in [6.45, 7) is 0. The topological polar surface area (TPSA) is 70.9 Å². The summed E-state index contributed by atoms with van der Waals surface area (Å²) < 4.78 is 36.8. The summed E-state index contributed by atoms with van der Waals surface area (Å²) in [4.78, 5) is 14.8. The average Bonchev–Trinajstić information content (AvgIpc) is 2.78. The number of halogens is 3. The van der Waals surface area contributed by atoms with Crippen LogP contribution in [0, 0.1) is 0 Å². The lowest BCUT2D eigenvalue weighted by atomic mass is 10.1. The fraction of sp³-hybridized carbons (Fsp3) is 0.200. The quantitative estimate of drug-likeness (QED) is 0.846. The van der Waals surface area contributed by atoms with Crippen molar-refractivity contribution in [2.75, 3.05) is 0 Å². The van der Waals surface area contributed by atoms with Crippen molar-refractivity contribution < 1.29 is 27.9 Å². The Morgan fingerprint density at radius 2 is 1.94 bits per heavy atom. The van der Waals surface area contributed by atoms with Gasteiger partial charge in [0.15, 0.2) is 5.84 Å². The zero-order valence-corrected chi connectivity index (χ0v) is 8.73. The van der Waals surface area contributed by atoms with Crippen LogP contribution in [0.4, 0.5) is 13.2 Å². The van der Waals surface area contributed by atoms with E-state index in [1.165, 1.54) is 24.3 Å². The van der Waals surface area contributed by atoms with E-state index in [9.17, 15) is 18.0 Å². The van der Waals surface area contributed by atoms with E-state index in [2.05, 4.69) is 15.3 Å². The normalized spacial score (nSPS) is 18.8. The van der Waals surface area contributed by atoms with Crippen molar-refractivity contribution in [1.29, 1.82) is 0 Å². The summed E-state index contributed by atoms with van der Waals surface area (Å²) in [5.74, 6) is -1.21. The molecule has 0 fully saturated rings. The molecule has 2 N–H and O–H groups in total. The molecule has 1 aliphatic heterocycles. The van der Waals surface area contributed by atoms with E-state index < -0.39 is 18.4 Å². The SMILES string of the molecule is O=C(O)c1ccc(C2=NOC(C(F)(F)F)N2)cc1. The summed E-state index contributed by atoms with van der Waals surface area (Å²) in [5, 5.41) is 14.0. The van der Waals surface area contributed by atoms with Crippen molar-refractivity contribution in [2.45, 2.75) is 12.4 Å². The van der Waals surface area contributed by atoms with Gasteiger partial charge in [-0.25, -0.2) is 4.79 Å². The van der Waals surface area contributed by atoms with E-state index in [4.69, 9.17) is 5.11 Å². The Bertz CT molecular complexity index is 496. The summed E-state index contributed by atoms with van der Waals surface area (Å²) in [5.41, 5.74) is 0.345.